The maximum absolute atomic E-state index is 12.8. The van der Waals surface area contributed by atoms with Crippen molar-refractivity contribution in [1.82, 2.24) is 4.98 Å². The van der Waals surface area contributed by atoms with Crippen LogP contribution in [0, 0.1) is 5.92 Å². The zero-order chi connectivity index (χ0) is 20.7. The van der Waals surface area contributed by atoms with Gasteiger partial charge in [-0.2, -0.15) is 13.2 Å². The molecule has 28 heavy (non-hydrogen) atoms. The quantitative estimate of drug-likeness (QED) is 0.802. The fraction of sp³-hybridized carbons (Fsp3) is 0.222. The number of nitrogens with two attached hydrogens (primary N) is 1. The minimum atomic E-state index is -4.52. The van der Waals surface area contributed by atoms with Crippen LogP contribution in [0.2, 0.25) is 0 Å². The molecule has 1 heterocycles. The summed E-state index contributed by atoms with van der Waals surface area (Å²) in [5, 5.41) is 14.4. The number of hydrogen-bond donors (Lipinski definition) is 2. The third-order valence-corrected chi connectivity index (χ3v) is 5.48. The normalized spacial score (nSPS) is 17.8. The first kappa shape index (κ1) is 20.0. The topological polar surface area (TPSA) is 110 Å². The zero-order valence-corrected chi connectivity index (χ0v) is 15.1. The second-order valence-corrected chi connectivity index (χ2v) is 7.96. The van der Waals surface area contributed by atoms with Gasteiger partial charge in [0, 0.05) is 6.20 Å². The summed E-state index contributed by atoms with van der Waals surface area (Å²) in [6.45, 7) is 0. The number of aliphatic carboxylic acids is 1. The van der Waals surface area contributed by atoms with Crippen molar-refractivity contribution in [2.75, 3.05) is 0 Å². The predicted octanol–water partition coefficient (Wildman–Crippen LogP) is 3.15. The molecule has 1 aliphatic carbocycles. The summed E-state index contributed by atoms with van der Waals surface area (Å²) in [4.78, 5) is 15.2. The Morgan fingerprint density at radius 1 is 1.07 bits per heavy atom. The maximum atomic E-state index is 12.8. The number of allylic oxidation sites excluding steroid dienone is 2. The second kappa shape index (κ2) is 7.02. The van der Waals surface area contributed by atoms with Crippen LogP contribution in [0.5, 0.6) is 0 Å². The Labute approximate surface area is 158 Å². The molecule has 3 rings (SSSR count). The van der Waals surface area contributed by atoms with Crippen molar-refractivity contribution in [1.29, 1.82) is 0 Å². The van der Waals surface area contributed by atoms with E-state index < -0.39 is 33.7 Å². The fourth-order valence-corrected chi connectivity index (χ4v) is 3.64. The maximum Gasteiger partial charge on any atom is 0.417 e. The second-order valence-electron chi connectivity index (χ2n) is 6.40. The number of benzene rings is 1. The number of carbonyl (C=O) groups is 1. The van der Waals surface area contributed by atoms with Crippen molar-refractivity contribution in [3.63, 3.8) is 0 Å². The summed E-state index contributed by atoms with van der Waals surface area (Å²) in [7, 11) is -3.88. The molecule has 3 N–H and O–H groups in total. The van der Waals surface area contributed by atoms with Gasteiger partial charge in [-0.1, -0.05) is 12.1 Å². The molecule has 148 valence electrons. The number of rotatable bonds is 4. The van der Waals surface area contributed by atoms with Gasteiger partial charge in [-0.15, -0.1) is 0 Å². The SMILES string of the molecule is NS(=O)(=O)c1ccc(C2=C(c3ccc(C(F)(F)F)cn3)CC(C(=O)O)C2)cc1. The number of primary sulfonamides is 1. The molecule has 1 aromatic carbocycles. The van der Waals surface area contributed by atoms with E-state index in [9.17, 15) is 31.5 Å². The van der Waals surface area contributed by atoms with Crippen LogP contribution >= 0.6 is 0 Å². The van der Waals surface area contributed by atoms with Crippen molar-refractivity contribution in [3.05, 3.63) is 59.4 Å². The van der Waals surface area contributed by atoms with Gasteiger partial charge in [0.1, 0.15) is 0 Å². The van der Waals surface area contributed by atoms with E-state index >= 15 is 0 Å². The molecule has 1 aliphatic rings. The molecule has 0 radical (unpaired) electrons. The monoisotopic (exact) mass is 412 g/mol. The van der Waals surface area contributed by atoms with E-state index in [2.05, 4.69) is 4.98 Å². The van der Waals surface area contributed by atoms with E-state index in [4.69, 9.17) is 5.14 Å². The van der Waals surface area contributed by atoms with E-state index in [1.54, 1.807) is 0 Å². The van der Waals surface area contributed by atoms with E-state index in [1.165, 1.54) is 30.3 Å². The lowest BCUT2D eigenvalue weighted by Crippen LogP contribution is -2.12. The number of alkyl halides is 3. The fourth-order valence-electron chi connectivity index (χ4n) is 3.12. The van der Waals surface area contributed by atoms with Crippen LogP contribution in [0.25, 0.3) is 11.1 Å². The van der Waals surface area contributed by atoms with Crippen molar-refractivity contribution >= 4 is 27.1 Å². The largest absolute Gasteiger partial charge is 0.481 e. The number of aromatic nitrogens is 1. The van der Waals surface area contributed by atoms with Gasteiger partial charge in [0.15, 0.2) is 0 Å². The highest BCUT2D eigenvalue weighted by Gasteiger charge is 2.33. The smallest absolute Gasteiger partial charge is 0.417 e. The molecule has 6 nitrogen and oxygen atoms in total. The minimum Gasteiger partial charge on any atom is -0.481 e. The number of nitrogens with zero attached hydrogens (tertiary/aromatic N) is 1. The molecule has 0 spiro atoms. The average molecular weight is 412 g/mol. The van der Waals surface area contributed by atoms with Crippen LogP contribution in [0.4, 0.5) is 13.2 Å². The Kier molecular flexibility index (Phi) is 5.02. The Morgan fingerprint density at radius 2 is 1.68 bits per heavy atom. The first-order chi connectivity index (χ1) is 13.0. The number of pyridine rings is 1. The van der Waals surface area contributed by atoms with Gasteiger partial charge in [0.05, 0.1) is 22.1 Å². The average Bonchev–Trinajstić information content (AvgIpc) is 3.06. The van der Waals surface area contributed by atoms with Crippen molar-refractivity contribution < 1.29 is 31.5 Å². The van der Waals surface area contributed by atoms with Crippen molar-refractivity contribution in [2.45, 2.75) is 23.9 Å². The minimum absolute atomic E-state index is 0.0983. The highest BCUT2D eigenvalue weighted by Crippen LogP contribution is 2.43. The third-order valence-electron chi connectivity index (χ3n) is 4.55. The standard InChI is InChI=1S/C18H15F3N2O4S/c19-18(20,21)12-3-6-16(23-9-12)15-8-11(17(24)25)7-14(15)10-1-4-13(5-2-10)28(22,26)27/h1-6,9,11H,7-8H2,(H,24,25)(H2,22,26,27). The summed E-state index contributed by atoms with van der Waals surface area (Å²) < 4.78 is 61.0. The Bertz CT molecular complexity index is 1040. The van der Waals surface area contributed by atoms with Crippen LogP contribution in [0.15, 0.2) is 47.5 Å². The molecular weight excluding hydrogens is 397 g/mol. The zero-order valence-electron chi connectivity index (χ0n) is 14.3. The van der Waals surface area contributed by atoms with Crippen molar-refractivity contribution in [3.8, 4) is 0 Å². The van der Waals surface area contributed by atoms with Crippen LogP contribution in [-0.4, -0.2) is 24.5 Å². The number of sulfonamides is 1. The van der Waals surface area contributed by atoms with E-state index in [0.29, 0.717) is 22.9 Å². The lowest BCUT2D eigenvalue weighted by atomic mass is 9.99. The number of carboxylic acids is 1. The van der Waals surface area contributed by atoms with E-state index in [1.807, 2.05) is 0 Å². The summed E-state index contributed by atoms with van der Waals surface area (Å²) >= 11 is 0. The highest BCUT2D eigenvalue weighted by molar-refractivity contribution is 7.89. The van der Waals surface area contributed by atoms with Crippen LogP contribution in [0.1, 0.15) is 29.7 Å². The number of carboxylic acid groups (broad SMARTS) is 1. The van der Waals surface area contributed by atoms with Crippen molar-refractivity contribution in [2.24, 2.45) is 11.1 Å². The third kappa shape index (κ3) is 4.07. The van der Waals surface area contributed by atoms with Crippen LogP contribution in [0.3, 0.4) is 0 Å². The molecule has 10 heteroatoms. The first-order valence-electron chi connectivity index (χ1n) is 8.08. The van der Waals surface area contributed by atoms with Gasteiger partial charge in [-0.25, -0.2) is 13.6 Å². The van der Waals surface area contributed by atoms with Crippen LogP contribution in [-0.2, 0) is 21.0 Å². The molecule has 0 aliphatic heterocycles. The highest BCUT2D eigenvalue weighted by atomic mass is 32.2. The Morgan fingerprint density at radius 3 is 2.14 bits per heavy atom. The van der Waals surface area contributed by atoms with Gasteiger partial charge in [0.2, 0.25) is 10.0 Å². The Hall–Kier alpha value is -2.72. The molecule has 0 fully saturated rings. The molecule has 0 amide bonds. The molecule has 1 aromatic heterocycles. The van der Waals surface area contributed by atoms with E-state index in [0.717, 1.165) is 6.07 Å². The molecule has 1 unspecified atom stereocenters. The summed E-state index contributed by atoms with van der Waals surface area (Å²) in [5.74, 6) is -1.77. The van der Waals surface area contributed by atoms with E-state index in [-0.39, 0.29) is 23.4 Å². The number of hydrogen-bond acceptors (Lipinski definition) is 4. The van der Waals surface area contributed by atoms with Gasteiger partial charge >= 0.3 is 12.1 Å². The molecular formula is C18H15F3N2O4S. The lowest BCUT2D eigenvalue weighted by molar-refractivity contribution is -0.141. The summed E-state index contributed by atoms with van der Waals surface area (Å²) in [6.07, 6.45) is -3.55. The summed E-state index contributed by atoms with van der Waals surface area (Å²) in [6, 6.07) is 7.67. The van der Waals surface area contributed by atoms with Gasteiger partial charge in [-0.05, 0) is 53.8 Å². The predicted molar refractivity (Wildman–Crippen MR) is 94.2 cm³/mol. The van der Waals surface area contributed by atoms with Gasteiger partial charge in [-0.3, -0.25) is 9.78 Å². The summed E-state index contributed by atoms with van der Waals surface area (Å²) in [5.41, 5.74) is 1.03. The van der Waals surface area contributed by atoms with Gasteiger partial charge in [0.25, 0.3) is 0 Å². The van der Waals surface area contributed by atoms with Crippen LogP contribution < -0.4 is 5.14 Å². The Balaban J connectivity index is 2.04. The molecule has 1 atom stereocenters. The first-order valence-corrected chi connectivity index (χ1v) is 9.63. The van der Waals surface area contributed by atoms with Gasteiger partial charge < -0.3 is 5.11 Å². The molecule has 0 bridgehead atoms. The molecule has 0 saturated heterocycles. The molecule has 0 saturated carbocycles. The molecule has 2 aromatic rings. The lowest BCUT2D eigenvalue weighted by Gasteiger charge is -2.10. The number of halogens is 3.